The second-order valence-electron chi connectivity index (χ2n) is 2.57. The van der Waals surface area contributed by atoms with Crippen molar-refractivity contribution < 1.29 is 13.9 Å². The van der Waals surface area contributed by atoms with Crippen LogP contribution in [0.25, 0.3) is 0 Å². The standard InChI is InChI=1S/C8H8ClF2NO/c9-6-3-5(1-2-7(6)13)8(10,11)4-12/h1-3,13H,4,12H2. The van der Waals surface area contributed by atoms with Crippen LogP contribution in [0.15, 0.2) is 18.2 Å². The van der Waals surface area contributed by atoms with Gasteiger partial charge in [-0.25, -0.2) is 0 Å². The second-order valence-corrected chi connectivity index (χ2v) is 2.98. The summed E-state index contributed by atoms with van der Waals surface area (Å²) in [5.41, 5.74) is 4.58. The molecule has 13 heavy (non-hydrogen) atoms. The lowest BCUT2D eigenvalue weighted by molar-refractivity contribution is 0.00593. The Hall–Kier alpha value is -0.870. The quantitative estimate of drug-likeness (QED) is 0.780. The monoisotopic (exact) mass is 207 g/mol. The summed E-state index contributed by atoms with van der Waals surface area (Å²) < 4.78 is 25.9. The van der Waals surface area contributed by atoms with Crippen molar-refractivity contribution in [1.29, 1.82) is 0 Å². The third-order valence-electron chi connectivity index (χ3n) is 1.63. The number of aromatic hydroxyl groups is 1. The first-order chi connectivity index (χ1) is 5.97. The van der Waals surface area contributed by atoms with E-state index >= 15 is 0 Å². The molecule has 0 amide bonds. The molecule has 0 saturated heterocycles. The van der Waals surface area contributed by atoms with Crippen molar-refractivity contribution in [3.63, 3.8) is 0 Å². The Labute approximate surface area is 78.9 Å². The zero-order valence-electron chi connectivity index (χ0n) is 6.60. The summed E-state index contributed by atoms with van der Waals surface area (Å²) in [5, 5.41) is 8.87. The topological polar surface area (TPSA) is 46.2 Å². The molecule has 0 aromatic heterocycles. The van der Waals surface area contributed by atoms with E-state index < -0.39 is 12.5 Å². The minimum Gasteiger partial charge on any atom is -0.506 e. The molecule has 0 aliphatic heterocycles. The van der Waals surface area contributed by atoms with Gasteiger partial charge in [0.25, 0.3) is 5.92 Å². The molecule has 0 aliphatic rings. The predicted octanol–water partition coefficient (Wildman–Crippen LogP) is 2.10. The van der Waals surface area contributed by atoms with Crippen LogP contribution < -0.4 is 5.73 Å². The molecule has 5 heteroatoms. The number of rotatable bonds is 2. The molecule has 72 valence electrons. The molecule has 0 atom stereocenters. The van der Waals surface area contributed by atoms with E-state index in [-0.39, 0.29) is 16.3 Å². The van der Waals surface area contributed by atoms with E-state index in [1.54, 1.807) is 0 Å². The third kappa shape index (κ3) is 2.08. The van der Waals surface area contributed by atoms with Crippen LogP contribution in [0.2, 0.25) is 5.02 Å². The Morgan fingerprint density at radius 2 is 2.08 bits per heavy atom. The molecule has 0 fully saturated rings. The van der Waals surface area contributed by atoms with E-state index in [1.807, 2.05) is 0 Å². The fourth-order valence-corrected chi connectivity index (χ4v) is 1.03. The first-order valence-corrected chi connectivity index (χ1v) is 3.92. The van der Waals surface area contributed by atoms with Crippen molar-refractivity contribution in [2.75, 3.05) is 6.54 Å². The third-order valence-corrected chi connectivity index (χ3v) is 1.93. The van der Waals surface area contributed by atoms with Crippen LogP contribution in [-0.4, -0.2) is 11.7 Å². The number of hydrogen-bond donors (Lipinski definition) is 2. The molecule has 0 heterocycles. The Bertz CT molecular complexity index is 317. The van der Waals surface area contributed by atoms with E-state index in [0.717, 1.165) is 18.2 Å². The van der Waals surface area contributed by atoms with Gasteiger partial charge in [-0.3, -0.25) is 0 Å². The highest BCUT2D eigenvalue weighted by atomic mass is 35.5. The minimum atomic E-state index is -3.10. The molecular weight excluding hydrogens is 200 g/mol. The molecule has 0 spiro atoms. The number of alkyl halides is 2. The predicted molar refractivity (Wildman–Crippen MR) is 46.1 cm³/mol. The van der Waals surface area contributed by atoms with Crippen molar-refractivity contribution in [3.8, 4) is 5.75 Å². The Balaban J connectivity index is 3.10. The Morgan fingerprint density at radius 1 is 1.46 bits per heavy atom. The van der Waals surface area contributed by atoms with Crippen molar-refractivity contribution in [2.45, 2.75) is 5.92 Å². The summed E-state index contributed by atoms with van der Waals surface area (Å²) in [6, 6.07) is 3.21. The lowest BCUT2D eigenvalue weighted by Gasteiger charge is -2.14. The fraction of sp³-hybridized carbons (Fsp3) is 0.250. The maximum absolute atomic E-state index is 12.9. The van der Waals surface area contributed by atoms with Gasteiger partial charge < -0.3 is 10.8 Å². The van der Waals surface area contributed by atoms with Gasteiger partial charge in [0.2, 0.25) is 0 Å². The van der Waals surface area contributed by atoms with Crippen LogP contribution in [0.1, 0.15) is 5.56 Å². The van der Waals surface area contributed by atoms with Crippen LogP contribution >= 0.6 is 11.6 Å². The van der Waals surface area contributed by atoms with Crippen molar-refractivity contribution in [3.05, 3.63) is 28.8 Å². The number of halogens is 3. The first kappa shape index (κ1) is 10.2. The van der Waals surface area contributed by atoms with Crippen molar-refractivity contribution in [1.82, 2.24) is 0 Å². The number of phenolic OH excluding ortho intramolecular Hbond substituents is 1. The lowest BCUT2D eigenvalue weighted by atomic mass is 10.1. The fourth-order valence-electron chi connectivity index (χ4n) is 0.852. The average molecular weight is 208 g/mol. The van der Waals surface area contributed by atoms with Crippen LogP contribution in [-0.2, 0) is 5.92 Å². The van der Waals surface area contributed by atoms with Crippen LogP contribution in [0.5, 0.6) is 5.75 Å². The molecular formula is C8H8ClF2NO. The summed E-state index contributed by atoms with van der Waals surface area (Å²) in [4.78, 5) is 0. The van der Waals surface area contributed by atoms with E-state index in [1.165, 1.54) is 0 Å². The van der Waals surface area contributed by atoms with E-state index in [4.69, 9.17) is 22.4 Å². The minimum absolute atomic E-state index is 0.106. The summed E-state index contributed by atoms with van der Waals surface area (Å²) >= 11 is 5.45. The molecule has 0 saturated carbocycles. The molecule has 1 aromatic carbocycles. The number of benzene rings is 1. The van der Waals surface area contributed by atoms with Gasteiger partial charge in [-0.05, 0) is 18.2 Å². The summed E-state index contributed by atoms with van der Waals surface area (Å²) in [7, 11) is 0. The van der Waals surface area contributed by atoms with Gasteiger partial charge in [-0.15, -0.1) is 0 Å². The molecule has 3 N–H and O–H groups in total. The molecule has 1 rings (SSSR count). The zero-order valence-corrected chi connectivity index (χ0v) is 7.35. The van der Waals surface area contributed by atoms with Crippen LogP contribution in [0.4, 0.5) is 8.78 Å². The van der Waals surface area contributed by atoms with Gasteiger partial charge in [0.05, 0.1) is 11.6 Å². The van der Waals surface area contributed by atoms with E-state index in [0.29, 0.717) is 0 Å². The maximum Gasteiger partial charge on any atom is 0.285 e. The van der Waals surface area contributed by atoms with Gasteiger partial charge in [0, 0.05) is 5.56 Å². The highest BCUT2D eigenvalue weighted by molar-refractivity contribution is 6.32. The van der Waals surface area contributed by atoms with Gasteiger partial charge in [0.1, 0.15) is 5.75 Å². The van der Waals surface area contributed by atoms with Gasteiger partial charge in [0.15, 0.2) is 0 Å². The van der Waals surface area contributed by atoms with Crippen molar-refractivity contribution in [2.24, 2.45) is 5.73 Å². The Morgan fingerprint density at radius 3 is 2.54 bits per heavy atom. The normalized spacial score (nSPS) is 11.7. The second kappa shape index (κ2) is 3.47. The molecule has 1 aromatic rings. The SMILES string of the molecule is NCC(F)(F)c1ccc(O)c(Cl)c1. The first-order valence-electron chi connectivity index (χ1n) is 3.54. The van der Waals surface area contributed by atoms with Gasteiger partial charge >= 0.3 is 0 Å². The van der Waals surface area contributed by atoms with E-state index in [9.17, 15) is 8.78 Å². The van der Waals surface area contributed by atoms with Gasteiger partial charge in [-0.1, -0.05) is 11.6 Å². The number of nitrogens with two attached hydrogens (primary N) is 1. The smallest absolute Gasteiger partial charge is 0.285 e. The molecule has 0 radical (unpaired) electrons. The highest BCUT2D eigenvalue weighted by Crippen LogP contribution is 2.32. The van der Waals surface area contributed by atoms with E-state index in [2.05, 4.69) is 0 Å². The maximum atomic E-state index is 12.9. The highest BCUT2D eigenvalue weighted by Gasteiger charge is 2.29. The average Bonchev–Trinajstić information content (AvgIpc) is 2.09. The number of phenols is 1. The molecule has 0 unspecified atom stereocenters. The number of hydrogen-bond acceptors (Lipinski definition) is 2. The molecule has 0 aliphatic carbocycles. The summed E-state index contributed by atoms with van der Waals surface area (Å²) in [5.74, 6) is -3.32. The van der Waals surface area contributed by atoms with Crippen molar-refractivity contribution >= 4 is 11.6 Å². The Kier molecular flexibility index (Phi) is 2.73. The summed E-state index contributed by atoms with van der Waals surface area (Å²) in [6.45, 7) is -0.784. The largest absolute Gasteiger partial charge is 0.506 e. The molecule has 2 nitrogen and oxygen atoms in total. The lowest BCUT2D eigenvalue weighted by Crippen LogP contribution is -2.24. The van der Waals surface area contributed by atoms with Crippen LogP contribution in [0.3, 0.4) is 0 Å². The van der Waals surface area contributed by atoms with Gasteiger partial charge in [-0.2, -0.15) is 8.78 Å². The van der Waals surface area contributed by atoms with Crippen LogP contribution in [0, 0.1) is 0 Å². The zero-order chi connectivity index (χ0) is 10.1. The summed E-state index contributed by atoms with van der Waals surface area (Å²) in [6.07, 6.45) is 0. The molecule has 0 bridgehead atoms.